The topological polar surface area (TPSA) is 104 Å². The van der Waals surface area contributed by atoms with Gasteiger partial charge in [-0.05, 0) is 30.7 Å². The third-order valence-corrected chi connectivity index (χ3v) is 3.07. The summed E-state index contributed by atoms with van der Waals surface area (Å²) in [6.07, 6.45) is -1.16. The summed E-state index contributed by atoms with van der Waals surface area (Å²) in [4.78, 5) is 35.1. The molecule has 106 valence electrons. The lowest BCUT2D eigenvalue weighted by Crippen LogP contribution is -2.37. The zero-order valence-corrected chi connectivity index (χ0v) is 10.5. The summed E-state index contributed by atoms with van der Waals surface area (Å²) in [7, 11) is 0. The van der Waals surface area contributed by atoms with Crippen LogP contribution in [0.3, 0.4) is 0 Å². The van der Waals surface area contributed by atoms with E-state index in [1.165, 1.54) is 24.3 Å². The van der Waals surface area contributed by atoms with Gasteiger partial charge in [0.25, 0.3) is 0 Å². The Hall–Kier alpha value is -2.57. The number of carbonyl (C=O) groups excluding carboxylic acids is 2. The number of phenolic OH excluding ortho intramolecular Hbond substituents is 1. The van der Waals surface area contributed by atoms with Crippen LogP contribution >= 0.6 is 0 Å². The molecule has 1 aromatic rings. The molecular weight excluding hydrogens is 266 g/mol. The van der Waals surface area contributed by atoms with E-state index >= 15 is 0 Å². The first-order valence-electron chi connectivity index (χ1n) is 5.97. The van der Waals surface area contributed by atoms with E-state index in [2.05, 4.69) is 4.74 Å². The molecule has 1 atom stereocenters. The van der Waals surface area contributed by atoms with E-state index in [-0.39, 0.29) is 31.1 Å². The number of aromatic hydroxyl groups is 1. The van der Waals surface area contributed by atoms with Crippen molar-refractivity contribution >= 4 is 17.8 Å². The van der Waals surface area contributed by atoms with Gasteiger partial charge in [0.15, 0.2) is 12.5 Å². The van der Waals surface area contributed by atoms with Gasteiger partial charge in [-0.2, -0.15) is 0 Å². The molecule has 1 aromatic carbocycles. The van der Waals surface area contributed by atoms with Crippen molar-refractivity contribution in [3.05, 3.63) is 29.8 Å². The van der Waals surface area contributed by atoms with Crippen molar-refractivity contribution in [2.75, 3.05) is 6.73 Å². The second-order valence-electron chi connectivity index (χ2n) is 4.37. The van der Waals surface area contributed by atoms with Crippen molar-refractivity contribution in [3.8, 4) is 5.75 Å². The smallest absolute Gasteiger partial charge is 0.410 e. The molecule has 2 rings (SSSR count). The molecule has 1 unspecified atom stereocenters. The monoisotopic (exact) mass is 279 g/mol. The number of benzene rings is 1. The number of ether oxygens (including phenoxy) is 1. The number of Topliss-reactive ketones (excluding diaryl/α,β-unsaturated/α-hetero) is 1. The van der Waals surface area contributed by atoms with Gasteiger partial charge in [0.05, 0.1) is 0 Å². The molecule has 7 nitrogen and oxygen atoms in total. The molecule has 1 aliphatic heterocycles. The lowest BCUT2D eigenvalue weighted by Gasteiger charge is -2.15. The Morgan fingerprint density at radius 1 is 1.30 bits per heavy atom. The van der Waals surface area contributed by atoms with Crippen molar-refractivity contribution in [2.45, 2.75) is 18.9 Å². The first kappa shape index (κ1) is 13.9. The predicted octanol–water partition coefficient (Wildman–Crippen LogP) is 1.22. The van der Waals surface area contributed by atoms with Crippen LogP contribution in [0.25, 0.3) is 0 Å². The maximum absolute atomic E-state index is 11.9. The summed E-state index contributed by atoms with van der Waals surface area (Å²) in [5.74, 6) is -0.807. The quantitative estimate of drug-likeness (QED) is 0.634. The Bertz CT molecular complexity index is 538. The second kappa shape index (κ2) is 5.60. The van der Waals surface area contributed by atoms with E-state index in [0.717, 1.165) is 4.90 Å². The number of esters is 1. The summed E-state index contributed by atoms with van der Waals surface area (Å²) in [5.41, 5.74) is 0.399. The van der Waals surface area contributed by atoms with Crippen LogP contribution in [0.2, 0.25) is 0 Å². The molecule has 1 fully saturated rings. The van der Waals surface area contributed by atoms with E-state index in [9.17, 15) is 14.4 Å². The predicted molar refractivity (Wildman–Crippen MR) is 66.3 cm³/mol. The standard InChI is InChI=1S/C13H13NO6/c15-9-3-1-8(2-4-9)11(16)6-5-10-12(17)20-7-14(10)13(18)19/h1-4,10,15H,5-7H2,(H,18,19). The average molecular weight is 279 g/mol. The van der Waals surface area contributed by atoms with Crippen LogP contribution in [0.5, 0.6) is 5.75 Å². The number of ketones is 1. The number of carboxylic acid groups (broad SMARTS) is 1. The fourth-order valence-electron chi connectivity index (χ4n) is 1.97. The third kappa shape index (κ3) is 2.87. The van der Waals surface area contributed by atoms with Crippen LogP contribution < -0.4 is 0 Å². The minimum atomic E-state index is -1.25. The Kier molecular flexibility index (Phi) is 3.88. The Balaban J connectivity index is 1.97. The van der Waals surface area contributed by atoms with Crippen molar-refractivity contribution in [1.29, 1.82) is 0 Å². The maximum Gasteiger partial charge on any atom is 0.410 e. The fourth-order valence-corrected chi connectivity index (χ4v) is 1.97. The van der Waals surface area contributed by atoms with Crippen LogP contribution in [0, 0.1) is 0 Å². The van der Waals surface area contributed by atoms with Crippen LogP contribution in [0.4, 0.5) is 4.79 Å². The summed E-state index contributed by atoms with van der Waals surface area (Å²) in [5, 5.41) is 18.0. The highest BCUT2D eigenvalue weighted by Crippen LogP contribution is 2.18. The number of nitrogens with zero attached hydrogens (tertiary/aromatic N) is 1. The lowest BCUT2D eigenvalue weighted by atomic mass is 10.0. The van der Waals surface area contributed by atoms with Crippen molar-refractivity contribution in [2.24, 2.45) is 0 Å². The molecule has 0 bridgehead atoms. The van der Waals surface area contributed by atoms with Gasteiger partial charge in [-0.3, -0.25) is 9.69 Å². The van der Waals surface area contributed by atoms with Crippen LogP contribution in [0.1, 0.15) is 23.2 Å². The zero-order valence-electron chi connectivity index (χ0n) is 10.5. The molecule has 7 heteroatoms. The van der Waals surface area contributed by atoms with Crippen LogP contribution in [-0.2, 0) is 9.53 Å². The highest BCUT2D eigenvalue weighted by molar-refractivity contribution is 5.96. The third-order valence-electron chi connectivity index (χ3n) is 3.07. The number of hydrogen-bond donors (Lipinski definition) is 2. The van der Waals surface area contributed by atoms with E-state index in [0.29, 0.717) is 5.56 Å². The number of amides is 1. The normalized spacial score (nSPS) is 17.9. The summed E-state index contributed by atoms with van der Waals surface area (Å²) in [6, 6.07) is 4.79. The molecule has 1 heterocycles. The summed E-state index contributed by atoms with van der Waals surface area (Å²) >= 11 is 0. The van der Waals surface area contributed by atoms with Gasteiger partial charge in [0.2, 0.25) is 0 Å². The van der Waals surface area contributed by atoms with Crippen molar-refractivity contribution < 1.29 is 29.3 Å². The van der Waals surface area contributed by atoms with Gasteiger partial charge in [-0.1, -0.05) is 0 Å². The highest BCUT2D eigenvalue weighted by atomic mass is 16.6. The summed E-state index contributed by atoms with van der Waals surface area (Å²) in [6.45, 7) is -0.299. The van der Waals surface area contributed by atoms with Gasteiger partial charge in [0, 0.05) is 12.0 Å². The van der Waals surface area contributed by atoms with Gasteiger partial charge >= 0.3 is 12.1 Å². The van der Waals surface area contributed by atoms with E-state index < -0.39 is 18.1 Å². The molecule has 0 spiro atoms. The molecular formula is C13H13NO6. The molecule has 1 aliphatic rings. The molecule has 0 saturated carbocycles. The Morgan fingerprint density at radius 3 is 2.55 bits per heavy atom. The Morgan fingerprint density at radius 2 is 1.95 bits per heavy atom. The lowest BCUT2D eigenvalue weighted by molar-refractivity contribution is -0.139. The van der Waals surface area contributed by atoms with Crippen LogP contribution in [0.15, 0.2) is 24.3 Å². The first-order chi connectivity index (χ1) is 9.49. The van der Waals surface area contributed by atoms with Gasteiger partial charge in [-0.25, -0.2) is 9.59 Å². The zero-order chi connectivity index (χ0) is 14.7. The van der Waals surface area contributed by atoms with E-state index in [1.807, 2.05) is 0 Å². The fraction of sp³-hybridized carbons (Fsp3) is 0.308. The molecule has 0 aliphatic carbocycles. The van der Waals surface area contributed by atoms with E-state index in [4.69, 9.17) is 10.2 Å². The van der Waals surface area contributed by atoms with Crippen molar-refractivity contribution in [1.82, 2.24) is 4.90 Å². The number of phenols is 1. The van der Waals surface area contributed by atoms with E-state index in [1.54, 1.807) is 0 Å². The summed E-state index contributed by atoms with van der Waals surface area (Å²) < 4.78 is 4.65. The average Bonchev–Trinajstić information content (AvgIpc) is 2.78. The highest BCUT2D eigenvalue weighted by Gasteiger charge is 2.37. The van der Waals surface area contributed by atoms with Gasteiger partial charge < -0.3 is 14.9 Å². The van der Waals surface area contributed by atoms with Crippen LogP contribution in [-0.4, -0.2) is 45.7 Å². The van der Waals surface area contributed by atoms with Gasteiger partial charge in [-0.15, -0.1) is 0 Å². The number of hydrogen-bond acceptors (Lipinski definition) is 5. The minimum absolute atomic E-state index is 0.0221. The Labute approximate surface area is 114 Å². The SMILES string of the molecule is O=C(CCC1C(=O)OCN1C(=O)O)c1ccc(O)cc1. The number of rotatable bonds is 4. The van der Waals surface area contributed by atoms with Gasteiger partial charge in [0.1, 0.15) is 11.8 Å². The molecule has 2 N–H and O–H groups in total. The second-order valence-corrected chi connectivity index (χ2v) is 4.37. The molecule has 1 saturated heterocycles. The number of carbonyl (C=O) groups is 3. The number of cyclic esters (lactones) is 1. The first-order valence-corrected chi connectivity index (χ1v) is 5.97. The molecule has 0 radical (unpaired) electrons. The molecule has 20 heavy (non-hydrogen) atoms. The molecule has 0 aromatic heterocycles. The molecule has 1 amide bonds. The maximum atomic E-state index is 11.9. The largest absolute Gasteiger partial charge is 0.508 e. The minimum Gasteiger partial charge on any atom is -0.508 e. The van der Waals surface area contributed by atoms with Crippen molar-refractivity contribution in [3.63, 3.8) is 0 Å².